The number of Topliss-reactive ketones (excluding diaryl/α,β-unsaturated/α-hetero) is 2. The predicted molar refractivity (Wildman–Crippen MR) is 137 cm³/mol. The number of carbonyl (C=O) groups excluding carboxylic acids is 2. The van der Waals surface area contributed by atoms with Gasteiger partial charge in [0, 0.05) is 25.7 Å². The second-order valence-corrected chi connectivity index (χ2v) is 10.2. The quantitative estimate of drug-likeness (QED) is 0.194. The third-order valence-corrected chi connectivity index (χ3v) is 7.27. The van der Waals surface area contributed by atoms with Crippen LogP contribution in [0.25, 0.3) is 11.5 Å². The van der Waals surface area contributed by atoms with Gasteiger partial charge >= 0.3 is 12.1 Å². The van der Waals surface area contributed by atoms with Gasteiger partial charge in [-0.3, -0.25) is 14.4 Å². The summed E-state index contributed by atoms with van der Waals surface area (Å²) in [4.78, 5) is 39.6. The molecule has 0 radical (unpaired) electrons. The molecule has 0 atom stereocenters. The predicted octanol–water partition coefficient (Wildman–Crippen LogP) is 7.41. The van der Waals surface area contributed by atoms with Crippen LogP contribution < -0.4 is 0 Å². The van der Waals surface area contributed by atoms with Crippen LogP contribution >= 0.6 is 0 Å². The first-order chi connectivity index (χ1) is 19.0. The molecule has 1 fully saturated rings. The Hall–Kier alpha value is -3.82. The number of alkyl halides is 3. The lowest BCUT2D eigenvalue weighted by Crippen LogP contribution is -2.16. The van der Waals surface area contributed by atoms with E-state index in [4.69, 9.17) is 9.52 Å². The highest BCUT2D eigenvalue weighted by Gasteiger charge is 2.41. The van der Waals surface area contributed by atoms with Crippen molar-refractivity contribution >= 4 is 17.5 Å². The van der Waals surface area contributed by atoms with Crippen molar-refractivity contribution in [3.8, 4) is 11.5 Å². The second kappa shape index (κ2) is 12.6. The van der Waals surface area contributed by atoms with E-state index >= 15 is 0 Å². The standard InChI is InChI=1S/C30H29F4NO5/c31-24-6-2-1-5-23(24)29-35-27(28(40-29)30(32,33)34)25(37)7-3-4-22(36)16-18-8-12-20(13-9-18)21-14-10-19(11-15-21)17-26(38)39/h1-2,5-6,8-9,12-13,19,21H,3-4,7,10-11,14-17H2,(H,38,39). The first-order valence-electron chi connectivity index (χ1n) is 13.2. The number of oxazole rings is 1. The lowest BCUT2D eigenvalue weighted by atomic mass is 9.77. The van der Waals surface area contributed by atoms with Gasteiger partial charge in [-0.25, -0.2) is 9.37 Å². The molecule has 1 heterocycles. The Morgan fingerprint density at radius 2 is 1.62 bits per heavy atom. The molecule has 0 saturated heterocycles. The lowest BCUT2D eigenvalue weighted by molar-refractivity contribution is -0.153. The number of rotatable bonds is 11. The Labute approximate surface area is 228 Å². The first-order valence-corrected chi connectivity index (χ1v) is 13.2. The van der Waals surface area contributed by atoms with Crippen LogP contribution in [-0.4, -0.2) is 27.6 Å². The maximum atomic E-state index is 14.0. The van der Waals surface area contributed by atoms with Gasteiger partial charge in [-0.1, -0.05) is 36.4 Å². The summed E-state index contributed by atoms with van der Waals surface area (Å²) in [5, 5.41) is 8.97. The van der Waals surface area contributed by atoms with Gasteiger partial charge in [0.05, 0.1) is 5.56 Å². The van der Waals surface area contributed by atoms with E-state index in [0.29, 0.717) is 5.92 Å². The van der Waals surface area contributed by atoms with E-state index in [-0.39, 0.29) is 49.4 Å². The number of benzene rings is 2. The Kier molecular flexibility index (Phi) is 9.17. The number of aliphatic carboxylic acids is 1. The summed E-state index contributed by atoms with van der Waals surface area (Å²) in [5.74, 6) is -4.34. The third kappa shape index (κ3) is 7.43. The summed E-state index contributed by atoms with van der Waals surface area (Å²) >= 11 is 0. The van der Waals surface area contributed by atoms with E-state index in [1.54, 1.807) is 0 Å². The first kappa shape index (κ1) is 29.2. The molecule has 212 valence electrons. The van der Waals surface area contributed by atoms with Crippen LogP contribution in [0.4, 0.5) is 17.6 Å². The molecule has 2 aromatic carbocycles. The summed E-state index contributed by atoms with van der Waals surface area (Å²) in [6, 6.07) is 12.7. The van der Waals surface area contributed by atoms with Crippen LogP contribution in [-0.2, 0) is 22.2 Å². The van der Waals surface area contributed by atoms with Gasteiger partial charge in [-0.2, -0.15) is 13.2 Å². The van der Waals surface area contributed by atoms with Gasteiger partial charge < -0.3 is 9.52 Å². The van der Waals surface area contributed by atoms with E-state index in [1.807, 2.05) is 24.3 Å². The molecule has 0 aliphatic heterocycles. The molecule has 10 heteroatoms. The highest BCUT2D eigenvalue weighted by Crippen LogP contribution is 2.38. The Morgan fingerprint density at radius 3 is 2.25 bits per heavy atom. The molecule has 4 rings (SSSR count). The zero-order valence-corrected chi connectivity index (χ0v) is 21.7. The van der Waals surface area contributed by atoms with Gasteiger partial charge in [0.2, 0.25) is 11.7 Å². The number of nitrogens with zero attached hydrogens (tertiary/aromatic N) is 1. The fourth-order valence-corrected chi connectivity index (χ4v) is 5.19. The van der Waals surface area contributed by atoms with Gasteiger partial charge in [0.15, 0.2) is 11.5 Å². The lowest BCUT2D eigenvalue weighted by Gasteiger charge is -2.28. The maximum Gasteiger partial charge on any atom is 0.452 e. The molecule has 0 bridgehead atoms. The fraction of sp³-hybridized carbons (Fsp3) is 0.400. The molecule has 0 unspecified atom stereocenters. The van der Waals surface area contributed by atoms with Crippen LogP contribution in [0, 0.1) is 11.7 Å². The zero-order chi connectivity index (χ0) is 28.9. The van der Waals surface area contributed by atoms with Crippen molar-refractivity contribution in [2.24, 2.45) is 5.92 Å². The number of halogens is 4. The average Bonchev–Trinajstić information content (AvgIpc) is 3.36. The Morgan fingerprint density at radius 1 is 0.950 bits per heavy atom. The third-order valence-electron chi connectivity index (χ3n) is 7.27. The number of hydrogen-bond acceptors (Lipinski definition) is 5. The normalized spacial score (nSPS) is 17.5. The van der Waals surface area contributed by atoms with Crippen molar-refractivity contribution in [1.82, 2.24) is 4.98 Å². The summed E-state index contributed by atoms with van der Waals surface area (Å²) in [7, 11) is 0. The monoisotopic (exact) mass is 559 g/mol. The highest BCUT2D eigenvalue weighted by molar-refractivity contribution is 5.96. The van der Waals surface area contributed by atoms with Crippen LogP contribution in [0.5, 0.6) is 0 Å². The molecule has 1 aromatic heterocycles. The second-order valence-electron chi connectivity index (χ2n) is 10.2. The number of hydrogen-bond donors (Lipinski definition) is 1. The molecule has 1 saturated carbocycles. The number of carbonyl (C=O) groups is 3. The zero-order valence-electron chi connectivity index (χ0n) is 21.7. The highest BCUT2D eigenvalue weighted by atomic mass is 19.4. The SMILES string of the molecule is O=C(O)CC1CCC(c2ccc(CC(=O)CCCC(=O)c3nc(-c4ccccc4F)oc3C(F)(F)F)cc2)CC1. The Balaban J connectivity index is 1.29. The molecule has 0 spiro atoms. The minimum Gasteiger partial charge on any atom is -0.481 e. The molecular formula is C30H29F4NO5. The average molecular weight is 560 g/mol. The minimum absolute atomic E-state index is 0.000452. The van der Waals surface area contributed by atoms with Gasteiger partial charge in [0.25, 0.3) is 0 Å². The van der Waals surface area contributed by atoms with Crippen LogP contribution in [0.1, 0.15) is 84.7 Å². The van der Waals surface area contributed by atoms with E-state index in [9.17, 15) is 31.9 Å². The van der Waals surface area contributed by atoms with E-state index in [2.05, 4.69) is 4.98 Å². The van der Waals surface area contributed by atoms with Gasteiger partial charge in [-0.15, -0.1) is 0 Å². The maximum absolute atomic E-state index is 14.0. The summed E-state index contributed by atoms with van der Waals surface area (Å²) in [6.07, 6.45) is -1.37. The number of carboxylic acids is 1. The van der Waals surface area contributed by atoms with Gasteiger partial charge in [0.1, 0.15) is 11.6 Å². The largest absolute Gasteiger partial charge is 0.481 e. The van der Waals surface area contributed by atoms with Crippen molar-refractivity contribution in [3.63, 3.8) is 0 Å². The molecule has 0 amide bonds. The molecule has 1 N–H and O–H groups in total. The smallest absolute Gasteiger partial charge is 0.452 e. The molecule has 40 heavy (non-hydrogen) atoms. The molecule has 1 aliphatic carbocycles. The van der Waals surface area contributed by atoms with Crippen molar-refractivity contribution < 1.29 is 41.5 Å². The summed E-state index contributed by atoms with van der Waals surface area (Å²) in [5.41, 5.74) is 0.730. The van der Waals surface area contributed by atoms with Crippen LogP contribution in [0.15, 0.2) is 52.9 Å². The minimum atomic E-state index is -5.00. The summed E-state index contributed by atoms with van der Waals surface area (Å²) in [6.45, 7) is 0. The van der Waals surface area contributed by atoms with E-state index < -0.39 is 41.1 Å². The number of aromatic nitrogens is 1. The Bertz CT molecular complexity index is 1360. The van der Waals surface area contributed by atoms with Crippen molar-refractivity contribution in [2.75, 3.05) is 0 Å². The number of ketones is 2. The molecule has 6 nitrogen and oxygen atoms in total. The molecule has 1 aliphatic rings. The van der Waals surface area contributed by atoms with Crippen molar-refractivity contribution in [1.29, 1.82) is 0 Å². The van der Waals surface area contributed by atoms with Crippen molar-refractivity contribution in [2.45, 2.75) is 69.9 Å². The van der Waals surface area contributed by atoms with Crippen LogP contribution in [0.3, 0.4) is 0 Å². The van der Waals surface area contributed by atoms with E-state index in [1.165, 1.54) is 18.2 Å². The molecular weight excluding hydrogens is 530 g/mol. The van der Waals surface area contributed by atoms with Crippen molar-refractivity contribution in [3.05, 3.63) is 76.9 Å². The molecule has 3 aromatic rings. The van der Waals surface area contributed by atoms with E-state index in [0.717, 1.165) is 42.9 Å². The van der Waals surface area contributed by atoms with Gasteiger partial charge in [-0.05, 0) is 67.2 Å². The summed E-state index contributed by atoms with van der Waals surface area (Å²) < 4.78 is 59.2. The van der Waals surface area contributed by atoms with Crippen LogP contribution in [0.2, 0.25) is 0 Å². The fourth-order valence-electron chi connectivity index (χ4n) is 5.19. The number of carboxylic acid groups (broad SMARTS) is 1. The topological polar surface area (TPSA) is 97.5 Å².